The van der Waals surface area contributed by atoms with Gasteiger partial charge in [0.1, 0.15) is 0 Å². The maximum atomic E-state index is 13.0. The van der Waals surface area contributed by atoms with Gasteiger partial charge in [-0.15, -0.1) is 0 Å². The Bertz CT molecular complexity index is 601. The minimum atomic E-state index is -1.60. The zero-order chi connectivity index (χ0) is 14.0. The summed E-state index contributed by atoms with van der Waals surface area (Å²) in [4.78, 5) is 11.7. The van der Waals surface area contributed by atoms with Gasteiger partial charge in [0, 0.05) is 24.4 Å². The van der Waals surface area contributed by atoms with Crippen LogP contribution in [0, 0.1) is 17.5 Å². The van der Waals surface area contributed by atoms with Gasteiger partial charge in [0.15, 0.2) is 23.3 Å². The van der Waals surface area contributed by atoms with E-state index in [9.17, 15) is 18.0 Å². The van der Waals surface area contributed by atoms with E-state index < -0.39 is 23.4 Å². The van der Waals surface area contributed by atoms with Crippen molar-refractivity contribution in [2.75, 3.05) is 5.32 Å². The Morgan fingerprint density at radius 2 is 1.95 bits per heavy atom. The molecular weight excluding hydrogens is 259 g/mol. The molecule has 1 heterocycles. The summed E-state index contributed by atoms with van der Waals surface area (Å²) in [6.45, 7) is 2.49. The number of amides is 1. The molecule has 0 saturated carbocycles. The number of rotatable bonds is 3. The fourth-order valence-corrected chi connectivity index (χ4v) is 1.48. The van der Waals surface area contributed by atoms with E-state index in [0.29, 0.717) is 18.7 Å². The molecule has 2 aromatic rings. The molecule has 0 fully saturated rings. The second kappa shape index (κ2) is 5.13. The van der Waals surface area contributed by atoms with Gasteiger partial charge >= 0.3 is 0 Å². The van der Waals surface area contributed by atoms with Crippen molar-refractivity contribution in [2.24, 2.45) is 0 Å². The molecule has 1 aromatic carbocycles. The Balaban J connectivity index is 2.20. The SMILES string of the molecule is CCn1ccc(NC(=O)c2cc(F)c(F)c(F)c2)n1. The summed E-state index contributed by atoms with van der Waals surface area (Å²) >= 11 is 0. The first-order valence-corrected chi connectivity index (χ1v) is 5.50. The van der Waals surface area contributed by atoms with Gasteiger partial charge in [-0.1, -0.05) is 0 Å². The Morgan fingerprint density at radius 3 is 2.47 bits per heavy atom. The number of aromatic nitrogens is 2. The van der Waals surface area contributed by atoms with Crippen LogP contribution < -0.4 is 5.32 Å². The van der Waals surface area contributed by atoms with E-state index in [4.69, 9.17) is 0 Å². The number of halogens is 3. The molecule has 2 rings (SSSR count). The highest BCUT2D eigenvalue weighted by molar-refractivity contribution is 6.03. The Hall–Kier alpha value is -2.31. The van der Waals surface area contributed by atoms with Crippen LogP contribution in [-0.2, 0) is 6.54 Å². The highest BCUT2D eigenvalue weighted by Gasteiger charge is 2.15. The number of carbonyl (C=O) groups is 1. The highest BCUT2D eigenvalue weighted by Crippen LogP contribution is 2.15. The summed E-state index contributed by atoms with van der Waals surface area (Å²) in [5, 5.41) is 6.34. The fourth-order valence-electron chi connectivity index (χ4n) is 1.48. The van der Waals surface area contributed by atoms with Gasteiger partial charge < -0.3 is 5.32 Å². The van der Waals surface area contributed by atoms with Crippen LogP contribution in [0.25, 0.3) is 0 Å². The zero-order valence-electron chi connectivity index (χ0n) is 9.95. The molecule has 0 aliphatic heterocycles. The van der Waals surface area contributed by atoms with E-state index >= 15 is 0 Å². The van der Waals surface area contributed by atoms with Crippen LogP contribution in [0.2, 0.25) is 0 Å². The van der Waals surface area contributed by atoms with Gasteiger partial charge in [-0.3, -0.25) is 9.48 Å². The second-order valence-electron chi connectivity index (χ2n) is 3.76. The van der Waals surface area contributed by atoms with E-state index in [0.717, 1.165) is 0 Å². The highest BCUT2D eigenvalue weighted by atomic mass is 19.2. The predicted octanol–water partition coefficient (Wildman–Crippen LogP) is 2.57. The van der Waals surface area contributed by atoms with Crippen molar-refractivity contribution in [1.82, 2.24) is 9.78 Å². The first kappa shape index (κ1) is 13.1. The van der Waals surface area contributed by atoms with E-state index in [2.05, 4.69) is 10.4 Å². The van der Waals surface area contributed by atoms with Crippen LogP contribution in [0.15, 0.2) is 24.4 Å². The Labute approximate surface area is 106 Å². The lowest BCUT2D eigenvalue weighted by Gasteiger charge is -2.03. The molecule has 19 heavy (non-hydrogen) atoms. The maximum absolute atomic E-state index is 13.0. The van der Waals surface area contributed by atoms with Crippen molar-refractivity contribution in [1.29, 1.82) is 0 Å². The van der Waals surface area contributed by atoms with E-state index in [1.54, 1.807) is 10.9 Å². The molecule has 0 unspecified atom stereocenters. The Kier molecular flexibility index (Phi) is 3.55. The monoisotopic (exact) mass is 269 g/mol. The third-order valence-corrected chi connectivity index (χ3v) is 2.45. The summed E-state index contributed by atoms with van der Waals surface area (Å²) in [7, 11) is 0. The standard InChI is InChI=1S/C12H10F3N3O/c1-2-18-4-3-10(17-18)16-12(19)7-5-8(13)11(15)9(14)6-7/h3-6H,2H2,1H3,(H,16,17,19). The van der Waals surface area contributed by atoms with Crippen LogP contribution >= 0.6 is 0 Å². The predicted molar refractivity (Wildman–Crippen MR) is 62.2 cm³/mol. The summed E-state index contributed by atoms with van der Waals surface area (Å²) in [5.74, 6) is -4.95. The first-order chi connectivity index (χ1) is 9.01. The number of carbonyl (C=O) groups excluding carboxylic acids is 1. The quantitative estimate of drug-likeness (QED) is 0.870. The molecule has 4 nitrogen and oxygen atoms in total. The van der Waals surface area contributed by atoms with Crippen LogP contribution in [0.1, 0.15) is 17.3 Å². The molecule has 0 radical (unpaired) electrons. The molecule has 0 saturated heterocycles. The lowest BCUT2D eigenvalue weighted by atomic mass is 10.2. The third-order valence-electron chi connectivity index (χ3n) is 2.45. The van der Waals surface area contributed by atoms with Gasteiger partial charge in [-0.2, -0.15) is 5.10 Å². The topological polar surface area (TPSA) is 46.9 Å². The number of benzene rings is 1. The molecule has 100 valence electrons. The largest absolute Gasteiger partial charge is 0.305 e. The van der Waals surface area contributed by atoms with Gasteiger partial charge in [0.05, 0.1) is 0 Å². The second-order valence-corrected chi connectivity index (χ2v) is 3.76. The Morgan fingerprint density at radius 1 is 1.32 bits per heavy atom. The fraction of sp³-hybridized carbons (Fsp3) is 0.167. The zero-order valence-corrected chi connectivity index (χ0v) is 9.95. The summed E-state index contributed by atoms with van der Waals surface area (Å²) in [6, 6.07) is 2.80. The minimum absolute atomic E-state index is 0.247. The lowest BCUT2D eigenvalue weighted by molar-refractivity contribution is 0.102. The number of aryl methyl sites for hydroxylation is 1. The number of anilines is 1. The summed E-state index contributed by atoms with van der Waals surface area (Å²) in [6.07, 6.45) is 1.64. The molecule has 0 aliphatic carbocycles. The van der Waals surface area contributed by atoms with Crippen molar-refractivity contribution >= 4 is 11.7 Å². The van der Waals surface area contributed by atoms with Crippen molar-refractivity contribution in [3.05, 3.63) is 47.4 Å². The number of hydrogen-bond acceptors (Lipinski definition) is 2. The third kappa shape index (κ3) is 2.75. The molecular formula is C12H10F3N3O. The molecule has 1 aromatic heterocycles. The molecule has 1 N–H and O–H groups in total. The average molecular weight is 269 g/mol. The molecule has 7 heteroatoms. The van der Waals surface area contributed by atoms with Crippen molar-refractivity contribution in [2.45, 2.75) is 13.5 Å². The maximum Gasteiger partial charge on any atom is 0.257 e. The van der Waals surface area contributed by atoms with Gasteiger partial charge in [-0.05, 0) is 19.1 Å². The normalized spacial score (nSPS) is 10.5. The van der Waals surface area contributed by atoms with Gasteiger partial charge in [0.25, 0.3) is 5.91 Å². The molecule has 1 amide bonds. The van der Waals surface area contributed by atoms with E-state index in [1.807, 2.05) is 6.92 Å². The molecule has 0 aliphatic rings. The van der Waals surface area contributed by atoms with Crippen molar-refractivity contribution in [3.63, 3.8) is 0 Å². The van der Waals surface area contributed by atoms with E-state index in [1.165, 1.54) is 6.07 Å². The summed E-state index contributed by atoms with van der Waals surface area (Å²) < 4.78 is 40.3. The number of nitrogens with one attached hydrogen (secondary N) is 1. The number of hydrogen-bond donors (Lipinski definition) is 1. The van der Waals surface area contributed by atoms with Crippen molar-refractivity contribution < 1.29 is 18.0 Å². The van der Waals surface area contributed by atoms with Crippen LogP contribution in [0.3, 0.4) is 0 Å². The molecule has 0 spiro atoms. The van der Waals surface area contributed by atoms with Gasteiger partial charge in [0.2, 0.25) is 0 Å². The molecule has 0 bridgehead atoms. The number of nitrogens with zero attached hydrogens (tertiary/aromatic N) is 2. The lowest BCUT2D eigenvalue weighted by Crippen LogP contribution is -2.14. The van der Waals surface area contributed by atoms with Crippen molar-refractivity contribution in [3.8, 4) is 0 Å². The van der Waals surface area contributed by atoms with Gasteiger partial charge in [-0.25, -0.2) is 13.2 Å². The smallest absolute Gasteiger partial charge is 0.257 e. The average Bonchev–Trinajstić information content (AvgIpc) is 2.83. The van der Waals surface area contributed by atoms with Crippen LogP contribution in [0.4, 0.5) is 19.0 Å². The first-order valence-electron chi connectivity index (χ1n) is 5.50. The minimum Gasteiger partial charge on any atom is -0.305 e. The van der Waals surface area contributed by atoms with Crippen LogP contribution in [-0.4, -0.2) is 15.7 Å². The summed E-state index contributed by atoms with van der Waals surface area (Å²) in [5.41, 5.74) is -0.317. The van der Waals surface area contributed by atoms with E-state index in [-0.39, 0.29) is 11.4 Å². The van der Waals surface area contributed by atoms with Crippen LogP contribution in [0.5, 0.6) is 0 Å². The molecule has 0 atom stereocenters.